The van der Waals surface area contributed by atoms with Crippen molar-refractivity contribution in [2.75, 3.05) is 50.3 Å². The maximum Gasteiger partial charge on any atom is 0.255 e. The third kappa shape index (κ3) is 5.16. The lowest BCUT2D eigenvalue weighted by Gasteiger charge is -2.36. The summed E-state index contributed by atoms with van der Waals surface area (Å²) in [5.74, 6) is 1.94. The summed E-state index contributed by atoms with van der Waals surface area (Å²) in [6.07, 6.45) is 0.391. The van der Waals surface area contributed by atoms with Crippen molar-refractivity contribution in [1.82, 2.24) is 4.90 Å². The summed E-state index contributed by atoms with van der Waals surface area (Å²) in [5, 5.41) is 2.92. The fourth-order valence-corrected chi connectivity index (χ4v) is 4.24. The zero-order chi connectivity index (χ0) is 24.2. The van der Waals surface area contributed by atoms with E-state index in [0.29, 0.717) is 42.3 Å². The summed E-state index contributed by atoms with van der Waals surface area (Å²) in [5.41, 5.74) is 3.27. The molecule has 35 heavy (non-hydrogen) atoms. The lowest BCUT2D eigenvalue weighted by molar-refractivity contribution is -0.130. The lowest BCUT2D eigenvalue weighted by atomic mass is 10.1. The maximum atomic E-state index is 12.7. The zero-order valence-electron chi connectivity index (χ0n) is 19.5. The molecule has 8 heteroatoms. The molecule has 3 aromatic rings. The van der Waals surface area contributed by atoms with Crippen LogP contribution in [0.4, 0.5) is 11.4 Å². The molecule has 0 saturated carbocycles. The van der Waals surface area contributed by atoms with Gasteiger partial charge in [0.1, 0.15) is 5.75 Å². The third-order valence-electron chi connectivity index (χ3n) is 6.27. The van der Waals surface area contributed by atoms with Gasteiger partial charge in [0.05, 0.1) is 13.5 Å². The highest BCUT2D eigenvalue weighted by molar-refractivity contribution is 6.04. The summed E-state index contributed by atoms with van der Waals surface area (Å²) >= 11 is 0. The molecule has 0 aliphatic carbocycles. The number of carbonyl (C=O) groups excluding carboxylic acids is 2. The van der Waals surface area contributed by atoms with Gasteiger partial charge in [0.2, 0.25) is 12.7 Å². The monoisotopic (exact) mass is 473 g/mol. The number of hydrogen-bond acceptors (Lipinski definition) is 6. The maximum absolute atomic E-state index is 12.7. The van der Waals surface area contributed by atoms with Crippen LogP contribution in [0.2, 0.25) is 0 Å². The van der Waals surface area contributed by atoms with Crippen LogP contribution in [0.5, 0.6) is 17.2 Å². The summed E-state index contributed by atoms with van der Waals surface area (Å²) in [6, 6.07) is 20.5. The largest absolute Gasteiger partial charge is 0.497 e. The van der Waals surface area contributed by atoms with Crippen molar-refractivity contribution in [1.29, 1.82) is 0 Å². The second-order valence-electron chi connectivity index (χ2n) is 8.46. The van der Waals surface area contributed by atoms with E-state index in [1.54, 1.807) is 25.3 Å². The van der Waals surface area contributed by atoms with Gasteiger partial charge >= 0.3 is 0 Å². The van der Waals surface area contributed by atoms with Gasteiger partial charge in [-0.15, -0.1) is 0 Å². The Balaban J connectivity index is 1.12. The first-order valence-corrected chi connectivity index (χ1v) is 11.6. The van der Waals surface area contributed by atoms with Crippen LogP contribution >= 0.6 is 0 Å². The van der Waals surface area contributed by atoms with Crippen LogP contribution in [0.3, 0.4) is 0 Å². The van der Waals surface area contributed by atoms with Crippen LogP contribution in [0.1, 0.15) is 15.9 Å². The van der Waals surface area contributed by atoms with E-state index in [2.05, 4.69) is 10.2 Å². The minimum absolute atomic E-state index is 0.136. The summed E-state index contributed by atoms with van der Waals surface area (Å²) < 4.78 is 15.8. The SMILES string of the molecule is COc1ccc(CC(=O)N2CCN(c3ccc(NC(=O)c4ccc5c(c4)OCO5)cc3)CC2)cc1. The fourth-order valence-electron chi connectivity index (χ4n) is 4.24. The van der Waals surface area contributed by atoms with E-state index in [-0.39, 0.29) is 18.6 Å². The molecule has 0 aromatic heterocycles. The van der Waals surface area contributed by atoms with E-state index >= 15 is 0 Å². The van der Waals surface area contributed by atoms with Crippen molar-refractivity contribution >= 4 is 23.2 Å². The van der Waals surface area contributed by atoms with Gasteiger partial charge in [0.15, 0.2) is 11.5 Å². The van der Waals surface area contributed by atoms with Crippen molar-refractivity contribution in [3.05, 3.63) is 77.9 Å². The number of anilines is 2. The minimum Gasteiger partial charge on any atom is -0.497 e. The minimum atomic E-state index is -0.208. The molecule has 1 fully saturated rings. The molecular formula is C27H27N3O5. The van der Waals surface area contributed by atoms with Gasteiger partial charge in [0, 0.05) is 43.1 Å². The van der Waals surface area contributed by atoms with E-state index < -0.39 is 0 Å². The van der Waals surface area contributed by atoms with Crippen molar-refractivity contribution in [2.45, 2.75) is 6.42 Å². The van der Waals surface area contributed by atoms with Gasteiger partial charge < -0.3 is 29.3 Å². The van der Waals surface area contributed by atoms with Crippen LogP contribution < -0.4 is 24.4 Å². The Kier molecular flexibility index (Phi) is 6.43. The summed E-state index contributed by atoms with van der Waals surface area (Å²) in [6.45, 7) is 3.05. The number of nitrogens with zero attached hydrogens (tertiary/aromatic N) is 2. The van der Waals surface area contributed by atoms with Gasteiger partial charge in [0.25, 0.3) is 5.91 Å². The molecule has 2 amide bonds. The van der Waals surface area contributed by atoms with Gasteiger partial charge in [-0.05, 0) is 60.2 Å². The molecule has 3 aromatic carbocycles. The number of ether oxygens (including phenoxy) is 3. The van der Waals surface area contributed by atoms with Crippen LogP contribution in [0.25, 0.3) is 0 Å². The van der Waals surface area contributed by atoms with Crippen molar-refractivity contribution < 1.29 is 23.8 Å². The van der Waals surface area contributed by atoms with Gasteiger partial charge in [-0.25, -0.2) is 0 Å². The van der Waals surface area contributed by atoms with Crippen LogP contribution in [-0.4, -0.2) is 56.8 Å². The van der Waals surface area contributed by atoms with Crippen molar-refractivity contribution in [3.63, 3.8) is 0 Å². The number of hydrogen-bond donors (Lipinski definition) is 1. The molecule has 8 nitrogen and oxygen atoms in total. The van der Waals surface area contributed by atoms with Crippen molar-refractivity contribution in [3.8, 4) is 17.2 Å². The first-order chi connectivity index (χ1) is 17.1. The highest BCUT2D eigenvalue weighted by atomic mass is 16.7. The molecule has 2 heterocycles. The van der Waals surface area contributed by atoms with Crippen LogP contribution in [-0.2, 0) is 11.2 Å². The molecule has 0 bridgehead atoms. The molecular weight excluding hydrogens is 446 g/mol. The Bertz CT molecular complexity index is 1200. The standard InChI is InChI=1S/C27H27N3O5/c1-33-23-9-2-19(3-10-23)16-26(31)30-14-12-29(13-15-30)22-7-5-21(6-8-22)28-27(32)20-4-11-24-25(17-20)35-18-34-24/h2-11,17H,12-16,18H2,1H3,(H,28,32). The molecule has 2 aliphatic heterocycles. The Hall–Kier alpha value is -4.20. The number of rotatable bonds is 6. The second-order valence-corrected chi connectivity index (χ2v) is 8.46. The average Bonchev–Trinajstić information content (AvgIpc) is 3.38. The topological polar surface area (TPSA) is 80.3 Å². The Labute approximate surface area is 204 Å². The number of methoxy groups -OCH3 is 1. The van der Waals surface area contributed by atoms with Crippen LogP contribution in [0, 0.1) is 0 Å². The third-order valence-corrected chi connectivity index (χ3v) is 6.27. The quantitative estimate of drug-likeness (QED) is 0.590. The molecule has 5 rings (SSSR count). The van der Waals surface area contributed by atoms with Gasteiger partial charge in [-0.1, -0.05) is 12.1 Å². The first kappa shape index (κ1) is 22.6. The molecule has 0 unspecified atom stereocenters. The number of piperazine rings is 1. The van der Waals surface area contributed by atoms with Crippen molar-refractivity contribution in [2.24, 2.45) is 0 Å². The number of benzene rings is 3. The molecule has 1 N–H and O–H groups in total. The molecule has 0 radical (unpaired) electrons. The number of fused-ring (bicyclic) bond motifs is 1. The smallest absolute Gasteiger partial charge is 0.255 e. The first-order valence-electron chi connectivity index (χ1n) is 11.6. The normalized spacial score (nSPS) is 14.5. The average molecular weight is 474 g/mol. The predicted molar refractivity (Wildman–Crippen MR) is 132 cm³/mol. The Morgan fingerprint density at radius 2 is 1.60 bits per heavy atom. The number of amides is 2. The van der Waals surface area contributed by atoms with E-state index in [1.165, 1.54) is 0 Å². The van der Waals surface area contributed by atoms with Crippen LogP contribution in [0.15, 0.2) is 66.7 Å². The Morgan fingerprint density at radius 3 is 2.31 bits per heavy atom. The molecule has 0 spiro atoms. The zero-order valence-corrected chi connectivity index (χ0v) is 19.5. The summed E-state index contributed by atoms with van der Waals surface area (Å²) in [4.78, 5) is 29.5. The van der Waals surface area contributed by atoms with E-state index in [1.807, 2.05) is 53.4 Å². The van der Waals surface area contributed by atoms with Gasteiger partial charge in [-0.2, -0.15) is 0 Å². The molecule has 180 valence electrons. The summed E-state index contributed by atoms with van der Waals surface area (Å²) in [7, 11) is 1.63. The predicted octanol–water partition coefficient (Wildman–Crippen LogP) is 3.57. The van der Waals surface area contributed by atoms with E-state index in [0.717, 1.165) is 30.1 Å². The molecule has 2 aliphatic rings. The Morgan fingerprint density at radius 1 is 0.886 bits per heavy atom. The number of nitrogens with one attached hydrogen (secondary N) is 1. The number of carbonyl (C=O) groups is 2. The highest BCUT2D eigenvalue weighted by Crippen LogP contribution is 2.32. The fraction of sp³-hybridized carbons (Fsp3) is 0.259. The molecule has 1 saturated heterocycles. The lowest BCUT2D eigenvalue weighted by Crippen LogP contribution is -2.49. The highest BCUT2D eigenvalue weighted by Gasteiger charge is 2.22. The van der Waals surface area contributed by atoms with Gasteiger partial charge in [-0.3, -0.25) is 9.59 Å². The molecule has 0 atom stereocenters. The second kappa shape index (κ2) is 9.97. The van der Waals surface area contributed by atoms with E-state index in [9.17, 15) is 9.59 Å². The van der Waals surface area contributed by atoms with E-state index in [4.69, 9.17) is 14.2 Å².